The molecule has 0 spiro atoms. The standard InChI is InChI=1S/C17H31NO3/c1-17(16(19)20-2,18-15-9-10-15)11-5-6-12-21-13-14-7-3-4-8-14/h14-15,18H,3-13H2,1-2H3. The molecule has 0 heterocycles. The highest BCUT2D eigenvalue weighted by molar-refractivity contribution is 5.80. The van der Waals surface area contributed by atoms with Crippen LogP contribution in [-0.2, 0) is 14.3 Å². The minimum absolute atomic E-state index is 0.138. The number of hydrogen-bond donors (Lipinski definition) is 1. The van der Waals surface area contributed by atoms with Crippen molar-refractivity contribution in [3.8, 4) is 0 Å². The van der Waals surface area contributed by atoms with Crippen molar-refractivity contribution in [1.82, 2.24) is 5.32 Å². The van der Waals surface area contributed by atoms with Crippen molar-refractivity contribution in [2.24, 2.45) is 5.92 Å². The van der Waals surface area contributed by atoms with Crippen LogP contribution in [0.5, 0.6) is 0 Å². The largest absolute Gasteiger partial charge is 0.468 e. The van der Waals surface area contributed by atoms with Crippen LogP contribution in [0.15, 0.2) is 0 Å². The molecule has 122 valence electrons. The number of hydrogen-bond acceptors (Lipinski definition) is 4. The highest BCUT2D eigenvalue weighted by atomic mass is 16.5. The van der Waals surface area contributed by atoms with Gasteiger partial charge < -0.3 is 9.47 Å². The fourth-order valence-electron chi connectivity index (χ4n) is 3.25. The van der Waals surface area contributed by atoms with Crippen LogP contribution in [-0.4, -0.2) is 37.9 Å². The molecule has 2 saturated carbocycles. The van der Waals surface area contributed by atoms with Crippen LogP contribution in [0, 0.1) is 5.92 Å². The predicted molar refractivity (Wildman–Crippen MR) is 83.2 cm³/mol. The Labute approximate surface area is 129 Å². The summed E-state index contributed by atoms with van der Waals surface area (Å²) in [6, 6.07) is 0.507. The molecule has 1 N–H and O–H groups in total. The van der Waals surface area contributed by atoms with Crippen molar-refractivity contribution in [3.05, 3.63) is 0 Å². The van der Waals surface area contributed by atoms with Crippen LogP contribution in [0.1, 0.15) is 64.7 Å². The van der Waals surface area contributed by atoms with Crippen LogP contribution in [0.3, 0.4) is 0 Å². The number of ether oxygens (including phenoxy) is 2. The van der Waals surface area contributed by atoms with Crippen LogP contribution >= 0.6 is 0 Å². The van der Waals surface area contributed by atoms with Gasteiger partial charge in [-0.05, 0) is 57.8 Å². The Morgan fingerprint density at radius 3 is 2.52 bits per heavy atom. The number of methoxy groups -OCH3 is 1. The Morgan fingerprint density at radius 1 is 1.19 bits per heavy atom. The third-order valence-corrected chi connectivity index (χ3v) is 4.78. The minimum Gasteiger partial charge on any atom is -0.468 e. The second-order valence-corrected chi connectivity index (χ2v) is 6.92. The summed E-state index contributed by atoms with van der Waals surface area (Å²) in [5.41, 5.74) is -0.526. The van der Waals surface area contributed by atoms with E-state index in [1.165, 1.54) is 45.6 Å². The van der Waals surface area contributed by atoms with Gasteiger partial charge in [0.05, 0.1) is 7.11 Å². The lowest BCUT2D eigenvalue weighted by Gasteiger charge is -2.28. The number of rotatable bonds is 10. The van der Waals surface area contributed by atoms with Gasteiger partial charge in [0.25, 0.3) is 0 Å². The van der Waals surface area contributed by atoms with Crippen molar-refractivity contribution >= 4 is 5.97 Å². The van der Waals surface area contributed by atoms with E-state index in [4.69, 9.17) is 9.47 Å². The van der Waals surface area contributed by atoms with Crippen LogP contribution in [0.25, 0.3) is 0 Å². The van der Waals surface area contributed by atoms with Crippen molar-refractivity contribution in [2.45, 2.75) is 76.3 Å². The van der Waals surface area contributed by atoms with E-state index in [1.54, 1.807) is 0 Å². The van der Waals surface area contributed by atoms with E-state index in [1.807, 2.05) is 6.92 Å². The molecule has 2 aliphatic carbocycles. The Kier molecular flexibility index (Phi) is 6.49. The minimum atomic E-state index is -0.526. The third-order valence-electron chi connectivity index (χ3n) is 4.78. The number of esters is 1. The van der Waals surface area contributed by atoms with E-state index in [2.05, 4.69) is 5.32 Å². The number of unbranched alkanes of at least 4 members (excludes halogenated alkanes) is 1. The quantitative estimate of drug-likeness (QED) is 0.497. The van der Waals surface area contributed by atoms with Gasteiger partial charge in [0.15, 0.2) is 0 Å². The molecule has 0 aromatic rings. The van der Waals surface area contributed by atoms with Crippen LogP contribution < -0.4 is 5.32 Å². The first-order valence-corrected chi connectivity index (χ1v) is 8.58. The molecule has 0 saturated heterocycles. The zero-order valence-electron chi connectivity index (χ0n) is 13.7. The Balaban J connectivity index is 1.58. The molecule has 0 bridgehead atoms. The zero-order valence-corrected chi connectivity index (χ0v) is 13.7. The summed E-state index contributed by atoms with van der Waals surface area (Å²) in [5.74, 6) is 0.656. The molecule has 1 atom stereocenters. The second-order valence-electron chi connectivity index (χ2n) is 6.92. The maximum Gasteiger partial charge on any atom is 0.325 e. The maximum absolute atomic E-state index is 12.0. The number of carbonyl (C=O) groups excluding carboxylic acids is 1. The van der Waals surface area contributed by atoms with Crippen molar-refractivity contribution in [2.75, 3.05) is 20.3 Å². The fourth-order valence-corrected chi connectivity index (χ4v) is 3.25. The molecule has 1 unspecified atom stereocenters. The first-order chi connectivity index (χ1) is 10.1. The van der Waals surface area contributed by atoms with E-state index in [-0.39, 0.29) is 5.97 Å². The average Bonchev–Trinajstić information content (AvgIpc) is 3.13. The maximum atomic E-state index is 12.0. The molecular weight excluding hydrogens is 266 g/mol. The molecule has 2 rings (SSSR count). The summed E-state index contributed by atoms with van der Waals surface area (Å²) in [6.45, 7) is 3.71. The van der Waals surface area contributed by atoms with Crippen LogP contribution in [0.4, 0.5) is 0 Å². The molecule has 4 nitrogen and oxygen atoms in total. The van der Waals surface area contributed by atoms with E-state index < -0.39 is 5.54 Å². The van der Waals surface area contributed by atoms with Gasteiger partial charge >= 0.3 is 5.97 Å². The van der Waals surface area contributed by atoms with Gasteiger partial charge in [0, 0.05) is 19.3 Å². The summed E-state index contributed by atoms with van der Waals surface area (Å²) in [6.07, 6.45) is 10.6. The van der Waals surface area contributed by atoms with Crippen LogP contribution in [0.2, 0.25) is 0 Å². The smallest absolute Gasteiger partial charge is 0.325 e. The van der Waals surface area contributed by atoms with Gasteiger partial charge in [-0.2, -0.15) is 0 Å². The summed E-state index contributed by atoms with van der Waals surface area (Å²) >= 11 is 0. The highest BCUT2D eigenvalue weighted by Crippen LogP contribution is 2.26. The summed E-state index contributed by atoms with van der Waals surface area (Å²) < 4.78 is 10.7. The Hall–Kier alpha value is -0.610. The molecule has 0 radical (unpaired) electrons. The van der Waals surface area contributed by atoms with E-state index >= 15 is 0 Å². The molecule has 0 amide bonds. The fraction of sp³-hybridized carbons (Fsp3) is 0.941. The SMILES string of the molecule is COC(=O)C(C)(CCCCOCC1CCCC1)NC1CC1. The highest BCUT2D eigenvalue weighted by Gasteiger charge is 2.38. The Morgan fingerprint density at radius 2 is 1.90 bits per heavy atom. The lowest BCUT2D eigenvalue weighted by molar-refractivity contribution is -0.148. The van der Waals surface area contributed by atoms with Crippen molar-refractivity contribution in [3.63, 3.8) is 0 Å². The second kappa shape index (κ2) is 8.14. The Bertz CT molecular complexity index is 324. The lowest BCUT2D eigenvalue weighted by Crippen LogP contribution is -2.51. The lowest BCUT2D eigenvalue weighted by atomic mass is 9.94. The summed E-state index contributed by atoms with van der Waals surface area (Å²) in [7, 11) is 1.47. The van der Waals surface area contributed by atoms with Gasteiger partial charge in [-0.15, -0.1) is 0 Å². The molecule has 4 heteroatoms. The topological polar surface area (TPSA) is 47.6 Å². The van der Waals surface area contributed by atoms with Crippen molar-refractivity contribution in [1.29, 1.82) is 0 Å². The molecule has 0 aliphatic heterocycles. The zero-order chi connectivity index (χ0) is 15.1. The molecule has 2 fully saturated rings. The molecule has 0 aromatic carbocycles. The predicted octanol–water partition coefficient (Wildman–Crippen LogP) is 3.05. The van der Waals surface area contributed by atoms with Gasteiger partial charge in [0.1, 0.15) is 5.54 Å². The summed E-state index contributed by atoms with van der Waals surface area (Å²) in [5, 5.41) is 3.44. The third kappa shape index (κ3) is 5.59. The number of nitrogens with one attached hydrogen (secondary N) is 1. The van der Waals surface area contributed by atoms with Gasteiger partial charge in [-0.1, -0.05) is 12.8 Å². The number of carbonyl (C=O) groups is 1. The van der Waals surface area contributed by atoms with Crippen molar-refractivity contribution < 1.29 is 14.3 Å². The van der Waals surface area contributed by atoms with Gasteiger partial charge in [-0.25, -0.2) is 0 Å². The summed E-state index contributed by atoms with van der Waals surface area (Å²) in [4.78, 5) is 12.0. The molecule has 2 aliphatic rings. The van der Waals surface area contributed by atoms with E-state index in [9.17, 15) is 4.79 Å². The normalized spacial score (nSPS) is 22.2. The monoisotopic (exact) mass is 297 g/mol. The first kappa shape index (κ1) is 16.8. The first-order valence-electron chi connectivity index (χ1n) is 8.58. The van der Waals surface area contributed by atoms with E-state index in [0.717, 1.165) is 38.4 Å². The van der Waals surface area contributed by atoms with E-state index in [0.29, 0.717) is 6.04 Å². The molecule has 21 heavy (non-hydrogen) atoms. The van der Waals surface area contributed by atoms with Gasteiger partial charge in [0.2, 0.25) is 0 Å². The average molecular weight is 297 g/mol. The molecule has 0 aromatic heterocycles. The van der Waals surface area contributed by atoms with Gasteiger partial charge in [-0.3, -0.25) is 10.1 Å². The molecular formula is C17H31NO3.